The topological polar surface area (TPSA) is 101 Å². The quantitative estimate of drug-likeness (QED) is 0.482. The van der Waals surface area contributed by atoms with Crippen LogP contribution >= 0.6 is 11.6 Å². The van der Waals surface area contributed by atoms with Gasteiger partial charge in [0, 0.05) is 11.6 Å². The van der Waals surface area contributed by atoms with Crippen molar-refractivity contribution in [3.8, 4) is 0 Å². The van der Waals surface area contributed by atoms with Gasteiger partial charge in [0.2, 0.25) is 10.0 Å². The molecule has 8 nitrogen and oxygen atoms in total. The molecule has 1 fully saturated rings. The van der Waals surface area contributed by atoms with Gasteiger partial charge in [-0.15, -0.1) is 0 Å². The minimum atomic E-state index is -3.89. The Morgan fingerprint density at radius 1 is 1.03 bits per heavy atom. The van der Waals surface area contributed by atoms with E-state index in [9.17, 15) is 22.8 Å². The molecule has 0 N–H and O–H groups in total. The van der Waals surface area contributed by atoms with Gasteiger partial charge in [0.1, 0.15) is 12.6 Å². The van der Waals surface area contributed by atoms with E-state index >= 15 is 0 Å². The first kappa shape index (κ1) is 21.5. The van der Waals surface area contributed by atoms with Crippen molar-refractivity contribution in [3.05, 3.63) is 64.7 Å². The number of hydrogen-bond acceptors (Lipinski definition) is 6. The van der Waals surface area contributed by atoms with Crippen LogP contribution in [-0.4, -0.2) is 61.1 Å². The van der Waals surface area contributed by atoms with Crippen LogP contribution in [0.4, 0.5) is 0 Å². The van der Waals surface area contributed by atoms with E-state index in [1.807, 2.05) is 0 Å². The number of esters is 1. The highest BCUT2D eigenvalue weighted by molar-refractivity contribution is 7.89. The number of nitrogens with zero attached hydrogens (tertiary/aromatic N) is 2. The van der Waals surface area contributed by atoms with Crippen molar-refractivity contribution in [2.24, 2.45) is 0 Å². The molecule has 4 rings (SSSR count). The number of rotatable bonds is 6. The van der Waals surface area contributed by atoms with Gasteiger partial charge >= 0.3 is 5.97 Å². The summed E-state index contributed by atoms with van der Waals surface area (Å²) in [5.41, 5.74) is 0.629. The number of carbonyl (C=O) groups is 3. The molecule has 31 heavy (non-hydrogen) atoms. The molecule has 2 aliphatic rings. The van der Waals surface area contributed by atoms with Crippen LogP contribution in [0.3, 0.4) is 0 Å². The monoisotopic (exact) mass is 462 g/mol. The first-order chi connectivity index (χ1) is 14.8. The largest absolute Gasteiger partial charge is 0.463 e. The highest BCUT2D eigenvalue weighted by Gasteiger charge is 2.41. The number of halogens is 1. The minimum Gasteiger partial charge on any atom is -0.463 e. The van der Waals surface area contributed by atoms with Gasteiger partial charge in [0.25, 0.3) is 11.8 Å². The normalized spacial score (nSPS) is 19.0. The third-order valence-electron chi connectivity index (χ3n) is 5.33. The summed E-state index contributed by atoms with van der Waals surface area (Å²) < 4.78 is 32.2. The number of fused-ring (bicyclic) bond motifs is 1. The molecule has 0 saturated carbocycles. The molecule has 10 heteroatoms. The first-order valence-corrected chi connectivity index (χ1v) is 11.5. The number of ether oxygens (including phenoxy) is 1. The van der Waals surface area contributed by atoms with Crippen molar-refractivity contribution in [2.75, 3.05) is 19.7 Å². The molecule has 0 aromatic heterocycles. The fraction of sp³-hybridized carbons (Fsp3) is 0.286. The Hall–Kier alpha value is -2.75. The van der Waals surface area contributed by atoms with Gasteiger partial charge in [0.05, 0.1) is 22.6 Å². The van der Waals surface area contributed by atoms with Crippen molar-refractivity contribution in [1.82, 2.24) is 9.21 Å². The van der Waals surface area contributed by atoms with E-state index in [0.29, 0.717) is 29.0 Å². The van der Waals surface area contributed by atoms with E-state index in [4.69, 9.17) is 16.3 Å². The standard InChI is InChI=1S/C21H19ClN2O6S/c22-14-7-9-15(10-8-14)31(28,29)24-11-3-6-18(24)21(27)30-13-12-23-19(25)16-4-1-2-5-17(16)20(23)26/h1-2,4-5,7-10,18H,3,6,11-13H2. The average molecular weight is 463 g/mol. The third-order valence-corrected chi connectivity index (χ3v) is 7.51. The van der Waals surface area contributed by atoms with E-state index in [0.717, 1.165) is 9.21 Å². The zero-order valence-electron chi connectivity index (χ0n) is 16.4. The molecule has 1 atom stereocenters. The van der Waals surface area contributed by atoms with E-state index in [1.54, 1.807) is 24.3 Å². The molecule has 0 radical (unpaired) electrons. The van der Waals surface area contributed by atoms with Crippen molar-refractivity contribution in [2.45, 2.75) is 23.8 Å². The van der Waals surface area contributed by atoms with Crippen LogP contribution in [0.15, 0.2) is 53.4 Å². The van der Waals surface area contributed by atoms with E-state index in [1.165, 1.54) is 24.3 Å². The molecular weight excluding hydrogens is 444 g/mol. The van der Waals surface area contributed by atoms with Crippen molar-refractivity contribution >= 4 is 39.4 Å². The molecule has 2 amide bonds. The smallest absolute Gasteiger partial charge is 0.324 e. The number of hydrogen-bond donors (Lipinski definition) is 0. The van der Waals surface area contributed by atoms with Crippen molar-refractivity contribution in [3.63, 3.8) is 0 Å². The maximum atomic E-state index is 12.9. The second kappa shape index (κ2) is 8.41. The number of amides is 2. The zero-order valence-corrected chi connectivity index (χ0v) is 17.9. The van der Waals surface area contributed by atoms with Gasteiger partial charge in [-0.2, -0.15) is 4.31 Å². The number of carbonyl (C=O) groups excluding carboxylic acids is 3. The van der Waals surface area contributed by atoms with Gasteiger partial charge in [-0.05, 0) is 49.2 Å². The summed E-state index contributed by atoms with van der Waals surface area (Å²) in [5.74, 6) is -1.58. The van der Waals surface area contributed by atoms with Crippen LogP contribution in [0.25, 0.3) is 0 Å². The SMILES string of the molecule is O=C(OCCN1C(=O)c2ccccc2C1=O)C1CCCN1S(=O)(=O)c1ccc(Cl)cc1. The Balaban J connectivity index is 1.39. The summed E-state index contributed by atoms with van der Waals surface area (Å²) in [4.78, 5) is 38.4. The maximum Gasteiger partial charge on any atom is 0.324 e. The van der Waals surface area contributed by atoms with Crippen LogP contribution in [0.2, 0.25) is 5.02 Å². The molecule has 0 spiro atoms. The first-order valence-electron chi connectivity index (χ1n) is 9.70. The van der Waals surface area contributed by atoms with Crippen molar-refractivity contribution in [1.29, 1.82) is 0 Å². The molecule has 162 valence electrons. The maximum absolute atomic E-state index is 12.9. The van der Waals surface area contributed by atoms with Crippen LogP contribution in [0.1, 0.15) is 33.6 Å². The summed E-state index contributed by atoms with van der Waals surface area (Å²) in [6, 6.07) is 11.2. The molecular formula is C21H19ClN2O6S. The minimum absolute atomic E-state index is 0.0441. The highest BCUT2D eigenvalue weighted by atomic mass is 35.5. The average Bonchev–Trinajstić information content (AvgIpc) is 3.35. The lowest BCUT2D eigenvalue weighted by Crippen LogP contribution is -2.42. The summed E-state index contributed by atoms with van der Waals surface area (Å²) in [5, 5.41) is 0.407. The van der Waals surface area contributed by atoms with Gasteiger partial charge in [-0.1, -0.05) is 23.7 Å². The summed E-state index contributed by atoms with van der Waals surface area (Å²) in [7, 11) is -3.89. The second-order valence-electron chi connectivity index (χ2n) is 7.20. The van der Waals surface area contributed by atoms with E-state index < -0.39 is 33.8 Å². The second-order valence-corrected chi connectivity index (χ2v) is 9.53. The van der Waals surface area contributed by atoms with Gasteiger partial charge in [0.15, 0.2) is 0 Å². The van der Waals surface area contributed by atoms with Crippen LogP contribution < -0.4 is 0 Å². The van der Waals surface area contributed by atoms with Crippen LogP contribution in [0, 0.1) is 0 Å². The number of imide groups is 1. The predicted molar refractivity (Wildman–Crippen MR) is 111 cm³/mol. The lowest BCUT2D eigenvalue weighted by Gasteiger charge is -2.23. The molecule has 1 unspecified atom stereocenters. The Labute approximate surface area is 184 Å². The van der Waals surface area contributed by atoms with Gasteiger partial charge < -0.3 is 4.74 Å². The predicted octanol–water partition coefficient (Wildman–Crippen LogP) is 2.33. The van der Waals surface area contributed by atoms with Gasteiger partial charge in [-0.3, -0.25) is 19.3 Å². The Kier molecular flexibility index (Phi) is 5.83. The lowest BCUT2D eigenvalue weighted by molar-refractivity contribution is -0.147. The summed E-state index contributed by atoms with van der Waals surface area (Å²) in [6.07, 6.45) is 0.851. The van der Waals surface area contributed by atoms with E-state index in [-0.39, 0.29) is 24.6 Å². The van der Waals surface area contributed by atoms with Gasteiger partial charge in [-0.25, -0.2) is 8.42 Å². The summed E-state index contributed by atoms with van der Waals surface area (Å²) >= 11 is 5.83. The summed E-state index contributed by atoms with van der Waals surface area (Å²) in [6.45, 7) is -0.118. The fourth-order valence-corrected chi connectivity index (χ4v) is 5.55. The molecule has 2 aliphatic heterocycles. The Morgan fingerprint density at radius 3 is 2.26 bits per heavy atom. The molecule has 2 aromatic rings. The molecule has 2 heterocycles. The van der Waals surface area contributed by atoms with Crippen molar-refractivity contribution < 1.29 is 27.5 Å². The zero-order chi connectivity index (χ0) is 22.2. The fourth-order valence-electron chi connectivity index (χ4n) is 3.78. The molecule has 0 aliphatic carbocycles. The molecule has 2 aromatic carbocycles. The Bertz CT molecular complexity index is 1110. The molecule has 1 saturated heterocycles. The third kappa shape index (κ3) is 3.96. The van der Waals surface area contributed by atoms with E-state index in [2.05, 4.69) is 0 Å². The highest BCUT2D eigenvalue weighted by Crippen LogP contribution is 2.28. The number of sulfonamides is 1. The Morgan fingerprint density at radius 2 is 1.65 bits per heavy atom. The van der Waals surface area contributed by atoms with Crippen LogP contribution in [0.5, 0.6) is 0 Å². The molecule has 0 bridgehead atoms. The van der Waals surface area contributed by atoms with Crippen LogP contribution in [-0.2, 0) is 19.6 Å². The lowest BCUT2D eigenvalue weighted by atomic mass is 10.1. The number of benzene rings is 2.